The summed E-state index contributed by atoms with van der Waals surface area (Å²) in [4.78, 5) is 8.77. The molecular weight excluding hydrogens is 248 g/mol. The number of benzene rings is 1. The first kappa shape index (κ1) is 11.2. The molecule has 3 nitrogen and oxygen atoms in total. The lowest BCUT2D eigenvalue weighted by molar-refractivity contribution is 0.564. The summed E-state index contributed by atoms with van der Waals surface area (Å²) in [5.74, 6) is 1.41. The first-order valence-electron chi connectivity index (χ1n) is 5.65. The molecule has 0 spiro atoms. The average molecular weight is 259 g/mol. The normalized spacial score (nSPS) is 11.1. The summed E-state index contributed by atoms with van der Waals surface area (Å²) in [5, 5.41) is 1.24. The van der Waals surface area contributed by atoms with Crippen LogP contribution in [0.1, 0.15) is 11.3 Å². The van der Waals surface area contributed by atoms with Gasteiger partial charge in [0, 0.05) is 11.1 Å². The Morgan fingerprint density at radius 3 is 2.50 bits per heavy atom. The molecule has 18 heavy (non-hydrogen) atoms. The second-order valence-corrected chi connectivity index (χ2v) is 4.53. The summed E-state index contributed by atoms with van der Waals surface area (Å²) < 4.78 is 5.61. The Balaban J connectivity index is 2.28. The summed E-state index contributed by atoms with van der Waals surface area (Å²) in [6.07, 6.45) is 0. The number of aryl methyl sites for hydroxylation is 2. The van der Waals surface area contributed by atoms with Crippen LogP contribution >= 0.6 is 11.6 Å². The van der Waals surface area contributed by atoms with Crippen LogP contribution in [0, 0.1) is 13.8 Å². The molecular formula is C14H11ClN2O. The Morgan fingerprint density at radius 2 is 1.78 bits per heavy atom. The van der Waals surface area contributed by atoms with E-state index in [1.807, 2.05) is 44.2 Å². The van der Waals surface area contributed by atoms with E-state index in [1.165, 1.54) is 0 Å². The van der Waals surface area contributed by atoms with Gasteiger partial charge in [-0.25, -0.2) is 4.98 Å². The average Bonchev–Trinajstić information content (AvgIpc) is 2.66. The molecule has 0 aliphatic carbocycles. The van der Waals surface area contributed by atoms with Gasteiger partial charge in [0.1, 0.15) is 10.9 Å². The van der Waals surface area contributed by atoms with Gasteiger partial charge in [0.15, 0.2) is 5.82 Å². The summed E-state index contributed by atoms with van der Waals surface area (Å²) in [6.45, 7) is 3.86. The molecule has 2 aromatic heterocycles. The van der Waals surface area contributed by atoms with Crippen LogP contribution in [0.5, 0.6) is 0 Å². The van der Waals surface area contributed by atoms with Crippen LogP contribution in [0.15, 0.2) is 34.7 Å². The predicted molar refractivity (Wildman–Crippen MR) is 71.7 cm³/mol. The third-order valence-corrected chi connectivity index (χ3v) is 3.29. The molecule has 0 N–H and O–H groups in total. The Morgan fingerprint density at radius 1 is 1.06 bits per heavy atom. The van der Waals surface area contributed by atoms with Gasteiger partial charge in [-0.2, -0.15) is 4.98 Å². The predicted octanol–water partition coefficient (Wildman–Crippen LogP) is 4.16. The van der Waals surface area contributed by atoms with Crippen LogP contribution in [0.2, 0.25) is 5.15 Å². The SMILES string of the molecule is Cc1oc2nc(-c3ccccc3)nc(Cl)c2c1C. The standard InChI is InChI=1S/C14H11ClN2O/c1-8-9(2)18-14-11(8)12(15)16-13(17-14)10-6-4-3-5-7-10/h3-7H,1-2H3. The van der Waals surface area contributed by atoms with E-state index in [0.717, 1.165) is 22.3 Å². The van der Waals surface area contributed by atoms with Gasteiger partial charge in [0.05, 0.1) is 5.39 Å². The Labute approximate surface area is 109 Å². The van der Waals surface area contributed by atoms with Crippen LogP contribution in [0.25, 0.3) is 22.5 Å². The fourth-order valence-electron chi connectivity index (χ4n) is 1.92. The van der Waals surface area contributed by atoms with Gasteiger partial charge in [-0.15, -0.1) is 0 Å². The second-order valence-electron chi connectivity index (χ2n) is 4.17. The van der Waals surface area contributed by atoms with Crippen molar-refractivity contribution in [2.45, 2.75) is 13.8 Å². The number of furan rings is 1. The highest BCUT2D eigenvalue weighted by atomic mass is 35.5. The molecule has 0 saturated carbocycles. The highest BCUT2D eigenvalue weighted by Crippen LogP contribution is 2.30. The second kappa shape index (κ2) is 4.10. The fourth-order valence-corrected chi connectivity index (χ4v) is 2.22. The van der Waals surface area contributed by atoms with Gasteiger partial charge in [-0.1, -0.05) is 41.9 Å². The molecule has 1 aromatic carbocycles. The first-order valence-corrected chi connectivity index (χ1v) is 6.03. The van der Waals surface area contributed by atoms with Crippen molar-refractivity contribution < 1.29 is 4.42 Å². The topological polar surface area (TPSA) is 38.9 Å². The Bertz CT molecular complexity index is 719. The number of halogens is 1. The molecule has 0 saturated heterocycles. The summed E-state index contributed by atoms with van der Waals surface area (Å²) in [7, 11) is 0. The number of nitrogens with zero attached hydrogens (tertiary/aromatic N) is 2. The van der Waals surface area contributed by atoms with Gasteiger partial charge in [0.2, 0.25) is 5.71 Å². The highest BCUT2D eigenvalue weighted by Gasteiger charge is 2.15. The zero-order valence-electron chi connectivity index (χ0n) is 10.1. The van der Waals surface area contributed by atoms with Crippen LogP contribution in [-0.2, 0) is 0 Å². The molecule has 0 unspecified atom stereocenters. The zero-order valence-corrected chi connectivity index (χ0v) is 10.8. The molecule has 0 radical (unpaired) electrons. The Hall–Kier alpha value is -1.87. The number of rotatable bonds is 1. The van der Waals surface area contributed by atoms with Crippen molar-refractivity contribution in [1.29, 1.82) is 0 Å². The van der Waals surface area contributed by atoms with Crippen LogP contribution in [0.4, 0.5) is 0 Å². The maximum Gasteiger partial charge on any atom is 0.231 e. The summed E-state index contributed by atoms with van der Waals surface area (Å²) in [5.41, 5.74) is 2.46. The van der Waals surface area contributed by atoms with E-state index in [9.17, 15) is 0 Å². The molecule has 0 fully saturated rings. The van der Waals surface area contributed by atoms with Crippen LogP contribution < -0.4 is 0 Å². The first-order chi connectivity index (χ1) is 8.66. The van der Waals surface area contributed by atoms with Crippen molar-refractivity contribution in [3.05, 3.63) is 46.8 Å². The molecule has 2 heterocycles. The smallest absolute Gasteiger partial charge is 0.231 e. The molecule has 90 valence electrons. The largest absolute Gasteiger partial charge is 0.443 e. The number of hydrogen-bond acceptors (Lipinski definition) is 3. The van der Waals surface area contributed by atoms with E-state index in [2.05, 4.69) is 9.97 Å². The summed E-state index contributed by atoms with van der Waals surface area (Å²) in [6, 6.07) is 9.72. The summed E-state index contributed by atoms with van der Waals surface area (Å²) >= 11 is 6.22. The highest BCUT2D eigenvalue weighted by molar-refractivity contribution is 6.34. The monoisotopic (exact) mass is 258 g/mol. The van der Waals surface area contributed by atoms with Crippen molar-refractivity contribution in [2.75, 3.05) is 0 Å². The van der Waals surface area contributed by atoms with Crippen LogP contribution in [0.3, 0.4) is 0 Å². The number of fused-ring (bicyclic) bond motifs is 1. The van der Waals surface area contributed by atoms with E-state index >= 15 is 0 Å². The molecule has 0 bridgehead atoms. The minimum atomic E-state index is 0.438. The van der Waals surface area contributed by atoms with E-state index in [4.69, 9.17) is 16.0 Å². The van der Waals surface area contributed by atoms with Gasteiger partial charge in [-0.3, -0.25) is 0 Å². The lowest BCUT2D eigenvalue weighted by Gasteiger charge is -2.00. The van der Waals surface area contributed by atoms with Crippen molar-refractivity contribution in [3.63, 3.8) is 0 Å². The quantitative estimate of drug-likeness (QED) is 0.615. The van der Waals surface area contributed by atoms with Gasteiger partial charge >= 0.3 is 0 Å². The minimum absolute atomic E-state index is 0.438. The molecule has 0 atom stereocenters. The molecule has 0 amide bonds. The van der Waals surface area contributed by atoms with E-state index < -0.39 is 0 Å². The Kier molecular flexibility index (Phi) is 2.56. The third kappa shape index (κ3) is 1.68. The van der Waals surface area contributed by atoms with Gasteiger partial charge < -0.3 is 4.42 Å². The zero-order chi connectivity index (χ0) is 12.7. The lowest BCUT2D eigenvalue weighted by atomic mass is 10.2. The van der Waals surface area contributed by atoms with Crippen molar-refractivity contribution in [1.82, 2.24) is 9.97 Å². The van der Waals surface area contributed by atoms with Crippen molar-refractivity contribution in [2.24, 2.45) is 0 Å². The van der Waals surface area contributed by atoms with Crippen LogP contribution in [-0.4, -0.2) is 9.97 Å². The van der Waals surface area contributed by atoms with Crippen molar-refractivity contribution >= 4 is 22.7 Å². The molecule has 3 rings (SSSR count). The van der Waals surface area contributed by atoms with E-state index in [0.29, 0.717) is 16.7 Å². The maximum absolute atomic E-state index is 6.22. The third-order valence-electron chi connectivity index (χ3n) is 3.02. The number of hydrogen-bond donors (Lipinski definition) is 0. The van der Waals surface area contributed by atoms with Crippen molar-refractivity contribution in [3.8, 4) is 11.4 Å². The molecule has 3 aromatic rings. The van der Waals surface area contributed by atoms with E-state index in [-0.39, 0.29) is 0 Å². The molecule has 0 aliphatic heterocycles. The minimum Gasteiger partial charge on any atom is -0.443 e. The van der Waals surface area contributed by atoms with E-state index in [1.54, 1.807) is 0 Å². The molecule has 0 aliphatic rings. The fraction of sp³-hybridized carbons (Fsp3) is 0.143. The lowest BCUT2D eigenvalue weighted by Crippen LogP contribution is -1.90. The number of aromatic nitrogens is 2. The van der Waals surface area contributed by atoms with Gasteiger partial charge in [-0.05, 0) is 13.8 Å². The maximum atomic E-state index is 6.22. The molecule has 4 heteroatoms. The van der Waals surface area contributed by atoms with Gasteiger partial charge in [0.25, 0.3) is 0 Å².